The Hall–Kier alpha value is -2.51. The summed E-state index contributed by atoms with van der Waals surface area (Å²) in [6.45, 7) is 3.62. The fourth-order valence-corrected chi connectivity index (χ4v) is 3.06. The average molecular weight is 378 g/mol. The Morgan fingerprint density at radius 3 is 2.48 bits per heavy atom. The zero-order valence-electron chi connectivity index (χ0n) is 16.3. The third-order valence-corrected chi connectivity index (χ3v) is 4.63. The summed E-state index contributed by atoms with van der Waals surface area (Å²) in [5, 5.41) is 3.38. The molecular weight excluding hydrogens is 348 g/mol. The second-order valence-electron chi connectivity index (χ2n) is 6.47. The molecule has 0 spiro atoms. The van der Waals surface area contributed by atoms with Crippen molar-refractivity contribution in [2.75, 3.05) is 46.9 Å². The number of hydrogen-bond acceptors (Lipinski definition) is 5. The highest BCUT2D eigenvalue weighted by atomic mass is 16.5. The van der Waals surface area contributed by atoms with E-state index in [0.717, 1.165) is 51.3 Å². The van der Waals surface area contributed by atoms with Gasteiger partial charge in [0.25, 0.3) is 5.91 Å². The molecule has 1 fully saturated rings. The van der Waals surface area contributed by atoms with Gasteiger partial charge in [0.05, 0.1) is 13.4 Å². The van der Waals surface area contributed by atoms with Gasteiger partial charge in [-0.15, -0.1) is 0 Å². The summed E-state index contributed by atoms with van der Waals surface area (Å²) in [6, 6.07) is 3.42. The molecule has 0 bridgehead atoms. The zero-order chi connectivity index (χ0) is 19.5. The van der Waals surface area contributed by atoms with Gasteiger partial charge in [-0.2, -0.15) is 0 Å². The van der Waals surface area contributed by atoms with Crippen LogP contribution in [0.15, 0.2) is 27.8 Å². The topological polar surface area (TPSA) is 87.4 Å². The minimum absolute atomic E-state index is 0.0606. The van der Waals surface area contributed by atoms with E-state index in [2.05, 4.69) is 19.9 Å². The van der Waals surface area contributed by atoms with E-state index in [1.807, 2.05) is 4.90 Å². The lowest BCUT2D eigenvalue weighted by Crippen LogP contribution is -2.53. The van der Waals surface area contributed by atoms with Crippen molar-refractivity contribution < 1.29 is 18.7 Å². The van der Waals surface area contributed by atoms with Gasteiger partial charge in [-0.1, -0.05) is 12.8 Å². The molecule has 1 saturated heterocycles. The quantitative estimate of drug-likeness (QED) is 0.321. The first-order valence-electron chi connectivity index (χ1n) is 9.51. The SMILES string of the molecule is CN=C(NCCCCCCC(=O)OC)N1CCN(C(=O)c2ccco2)CC1. The summed E-state index contributed by atoms with van der Waals surface area (Å²) < 4.78 is 9.82. The van der Waals surface area contributed by atoms with Crippen molar-refractivity contribution in [2.24, 2.45) is 4.99 Å². The first-order chi connectivity index (χ1) is 13.2. The van der Waals surface area contributed by atoms with Gasteiger partial charge in [-0.05, 0) is 25.0 Å². The largest absolute Gasteiger partial charge is 0.469 e. The number of carbonyl (C=O) groups is 2. The smallest absolute Gasteiger partial charge is 0.305 e. The van der Waals surface area contributed by atoms with Crippen LogP contribution < -0.4 is 5.32 Å². The second kappa shape index (κ2) is 11.3. The number of piperazine rings is 1. The minimum Gasteiger partial charge on any atom is -0.469 e. The number of furan rings is 1. The maximum atomic E-state index is 12.3. The highest BCUT2D eigenvalue weighted by Crippen LogP contribution is 2.10. The number of guanidine groups is 1. The van der Waals surface area contributed by atoms with E-state index < -0.39 is 0 Å². The number of ether oxygens (including phenoxy) is 1. The van der Waals surface area contributed by atoms with Crippen LogP contribution in [0.2, 0.25) is 0 Å². The molecule has 0 saturated carbocycles. The molecule has 0 atom stereocenters. The number of unbranched alkanes of at least 4 members (excludes halogenated alkanes) is 3. The molecule has 0 unspecified atom stereocenters. The van der Waals surface area contributed by atoms with Gasteiger partial charge in [0.2, 0.25) is 0 Å². The molecule has 8 heteroatoms. The number of methoxy groups -OCH3 is 1. The highest BCUT2D eigenvalue weighted by Gasteiger charge is 2.24. The number of nitrogens with zero attached hydrogens (tertiary/aromatic N) is 3. The standard InChI is InChI=1S/C19H30N4O4/c1-20-19(21-10-6-4-3-5-9-17(24)26-2)23-13-11-22(12-14-23)18(25)16-8-7-15-27-16/h7-8,15H,3-6,9-14H2,1-2H3,(H,20,21). The Bertz CT molecular complexity index is 607. The van der Waals surface area contributed by atoms with Crippen LogP contribution in [0.25, 0.3) is 0 Å². The van der Waals surface area contributed by atoms with Crippen molar-refractivity contribution in [2.45, 2.75) is 32.1 Å². The van der Waals surface area contributed by atoms with Gasteiger partial charge < -0.3 is 24.3 Å². The van der Waals surface area contributed by atoms with Crippen molar-refractivity contribution in [3.63, 3.8) is 0 Å². The molecule has 0 radical (unpaired) electrons. The van der Waals surface area contributed by atoms with Crippen LogP contribution in [0.4, 0.5) is 0 Å². The van der Waals surface area contributed by atoms with Crippen LogP contribution in [0.1, 0.15) is 42.7 Å². The highest BCUT2D eigenvalue weighted by molar-refractivity contribution is 5.91. The molecular formula is C19H30N4O4. The van der Waals surface area contributed by atoms with Crippen LogP contribution >= 0.6 is 0 Å². The molecule has 1 aliphatic rings. The Balaban J connectivity index is 1.62. The number of nitrogens with one attached hydrogen (secondary N) is 1. The van der Waals surface area contributed by atoms with Gasteiger partial charge >= 0.3 is 5.97 Å². The van der Waals surface area contributed by atoms with Crippen molar-refractivity contribution in [1.82, 2.24) is 15.1 Å². The van der Waals surface area contributed by atoms with E-state index in [1.165, 1.54) is 13.4 Å². The summed E-state index contributed by atoms with van der Waals surface area (Å²) in [5.41, 5.74) is 0. The first kappa shape index (κ1) is 20.8. The van der Waals surface area contributed by atoms with Crippen molar-refractivity contribution in [3.05, 3.63) is 24.2 Å². The van der Waals surface area contributed by atoms with E-state index in [9.17, 15) is 9.59 Å². The Labute approximate surface area is 160 Å². The fraction of sp³-hybridized carbons (Fsp3) is 0.632. The first-order valence-corrected chi connectivity index (χ1v) is 9.51. The average Bonchev–Trinajstić information content (AvgIpc) is 3.24. The lowest BCUT2D eigenvalue weighted by molar-refractivity contribution is -0.140. The predicted molar refractivity (Wildman–Crippen MR) is 103 cm³/mol. The van der Waals surface area contributed by atoms with Gasteiger partial charge in [0, 0.05) is 46.2 Å². The van der Waals surface area contributed by atoms with Crippen molar-refractivity contribution >= 4 is 17.8 Å². The molecule has 2 rings (SSSR count). The van der Waals surface area contributed by atoms with Crippen LogP contribution in [0.3, 0.4) is 0 Å². The monoisotopic (exact) mass is 378 g/mol. The fourth-order valence-electron chi connectivity index (χ4n) is 3.06. The van der Waals surface area contributed by atoms with Gasteiger partial charge in [0.1, 0.15) is 0 Å². The van der Waals surface area contributed by atoms with Crippen molar-refractivity contribution in [3.8, 4) is 0 Å². The number of hydrogen-bond donors (Lipinski definition) is 1. The van der Waals surface area contributed by atoms with Gasteiger partial charge in [-0.25, -0.2) is 0 Å². The van der Waals surface area contributed by atoms with Gasteiger partial charge in [-0.3, -0.25) is 14.6 Å². The molecule has 1 aromatic heterocycles. The zero-order valence-corrected chi connectivity index (χ0v) is 16.3. The van der Waals surface area contributed by atoms with Crippen molar-refractivity contribution in [1.29, 1.82) is 0 Å². The molecule has 0 aromatic carbocycles. The summed E-state index contributed by atoms with van der Waals surface area (Å²) in [7, 11) is 3.20. The van der Waals surface area contributed by atoms with Crippen LogP contribution in [-0.2, 0) is 9.53 Å². The maximum Gasteiger partial charge on any atom is 0.305 e. The summed E-state index contributed by atoms with van der Waals surface area (Å²) >= 11 is 0. The molecule has 1 aromatic rings. The molecule has 1 N–H and O–H groups in total. The number of rotatable bonds is 8. The lowest BCUT2D eigenvalue weighted by Gasteiger charge is -2.36. The number of esters is 1. The number of aliphatic imine (C=N–C) groups is 1. The number of amides is 1. The Morgan fingerprint density at radius 2 is 1.85 bits per heavy atom. The minimum atomic E-state index is -0.141. The second-order valence-corrected chi connectivity index (χ2v) is 6.47. The molecule has 2 heterocycles. The summed E-state index contributed by atoms with van der Waals surface area (Å²) in [6.07, 6.45) is 5.98. The van der Waals surface area contributed by atoms with Crippen LogP contribution in [0, 0.1) is 0 Å². The van der Waals surface area contributed by atoms with Crippen LogP contribution in [-0.4, -0.2) is 74.5 Å². The predicted octanol–water partition coefficient (Wildman–Crippen LogP) is 1.74. The molecule has 0 aliphatic carbocycles. The van der Waals surface area contributed by atoms with Gasteiger partial charge in [0.15, 0.2) is 11.7 Å². The third kappa shape index (κ3) is 6.62. The van der Waals surface area contributed by atoms with E-state index >= 15 is 0 Å². The number of carbonyl (C=O) groups excluding carboxylic acids is 2. The summed E-state index contributed by atoms with van der Waals surface area (Å²) in [5.74, 6) is 1.06. The molecule has 150 valence electrons. The third-order valence-electron chi connectivity index (χ3n) is 4.63. The van der Waals surface area contributed by atoms with E-state index in [1.54, 1.807) is 19.2 Å². The van der Waals surface area contributed by atoms with Crippen LogP contribution in [0.5, 0.6) is 0 Å². The Kier molecular flexibility index (Phi) is 8.67. The molecule has 8 nitrogen and oxygen atoms in total. The Morgan fingerprint density at radius 1 is 1.15 bits per heavy atom. The molecule has 1 amide bonds. The maximum absolute atomic E-state index is 12.3. The lowest BCUT2D eigenvalue weighted by atomic mass is 10.1. The molecule has 1 aliphatic heterocycles. The summed E-state index contributed by atoms with van der Waals surface area (Å²) in [4.78, 5) is 31.7. The van der Waals surface area contributed by atoms with E-state index in [4.69, 9.17) is 4.42 Å². The van der Waals surface area contributed by atoms with E-state index in [0.29, 0.717) is 25.3 Å². The van der Waals surface area contributed by atoms with E-state index in [-0.39, 0.29) is 11.9 Å². The normalized spacial score (nSPS) is 15.0. The molecule has 27 heavy (non-hydrogen) atoms.